The van der Waals surface area contributed by atoms with E-state index in [1.165, 1.54) is 29.9 Å². The van der Waals surface area contributed by atoms with Gasteiger partial charge in [0.15, 0.2) is 0 Å². The van der Waals surface area contributed by atoms with Gasteiger partial charge < -0.3 is 10.4 Å². The van der Waals surface area contributed by atoms with Gasteiger partial charge in [0.25, 0.3) is 0 Å². The van der Waals surface area contributed by atoms with Gasteiger partial charge in [0, 0.05) is 30.1 Å². The molecule has 1 aliphatic heterocycles. The summed E-state index contributed by atoms with van der Waals surface area (Å²) in [6.45, 7) is 1.61. The standard InChI is InChI=1S/C11H19N3OS/c15-4-3-14-8-10(7-13-14)6-12-11-2-1-5-16-9-11/h7-8,11-12,15H,1-6,9H2. The van der Waals surface area contributed by atoms with Crippen molar-refractivity contribution in [1.29, 1.82) is 0 Å². The van der Waals surface area contributed by atoms with Crippen molar-refractivity contribution < 1.29 is 5.11 Å². The van der Waals surface area contributed by atoms with Crippen LogP contribution >= 0.6 is 11.8 Å². The summed E-state index contributed by atoms with van der Waals surface area (Å²) >= 11 is 2.04. The van der Waals surface area contributed by atoms with E-state index in [-0.39, 0.29) is 6.61 Å². The average Bonchev–Trinajstić information content (AvgIpc) is 2.76. The first-order valence-electron chi connectivity index (χ1n) is 5.82. The van der Waals surface area contributed by atoms with Crippen molar-refractivity contribution >= 4 is 11.8 Å². The Hall–Kier alpha value is -0.520. The largest absolute Gasteiger partial charge is 0.394 e. The maximum absolute atomic E-state index is 8.78. The zero-order chi connectivity index (χ0) is 11.2. The molecule has 1 atom stereocenters. The lowest BCUT2D eigenvalue weighted by atomic mass is 10.2. The fraction of sp³-hybridized carbons (Fsp3) is 0.727. The molecule has 16 heavy (non-hydrogen) atoms. The highest BCUT2D eigenvalue weighted by Gasteiger charge is 2.12. The second kappa shape index (κ2) is 6.27. The summed E-state index contributed by atoms with van der Waals surface area (Å²) in [4.78, 5) is 0. The Morgan fingerprint density at radius 1 is 1.62 bits per heavy atom. The lowest BCUT2D eigenvalue weighted by molar-refractivity contribution is 0.269. The number of nitrogens with zero attached hydrogens (tertiary/aromatic N) is 2. The van der Waals surface area contributed by atoms with Gasteiger partial charge in [-0.3, -0.25) is 4.68 Å². The topological polar surface area (TPSA) is 50.1 Å². The highest BCUT2D eigenvalue weighted by atomic mass is 32.2. The van der Waals surface area contributed by atoms with Crippen LogP contribution in [0.4, 0.5) is 0 Å². The quantitative estimate of drug-likeness (QED) is 0.803. The predicted molar refractivity (Wildman–Crippen MR) is 66.5 cm³/mol. The van der Waals surface area contributed by atoms with Crippen LogP contribution in [0.3, 0.4) is 0 Å². The maximum atomic E-state index is 8.78. The second-order valence-electron chi connectivity index (χ2n) is 4.13. The van der Waals surface area contributed by atoms with Gasteiger partial charge in [-0.05, 0) is 18.6 Å². The molecule has 0 amide bonds. The summed E-state index contributed by atoms with van der Waals surface area (Å²) in [5, 5.41) is 16.5. The highest BCUT2D eigenvalue weighted by molar-refractivity contribution is 7.99. The molecule has 1 unspecified atom stereocenters. The first kappa shape index (κ1) is 12.0. The lowest BCUT2D eigenvalue weighted by Gasteiger charge is -2.22. The predicted octanol–water partition coefficient (Wildman–Crippen LogP) is 0.861. The van der Waals surface area contributed by atoms with E-state index in [1.54, 1.807) is 4.68 Å². The SMILES string of the molecule is OCCn1cc(CNC2CCCSC2)cn1. The van der Waals surface area contributed by atoms with Crippen LogP contribution in [0.2, 0.25) is 0 Å². The van der Waals surface area contributed by atoms with Crippen molar-refractivity contribution in [3.63, 3.8) is 0 Å². The monoisotopic (exact) mass is 241 g/mol. The Morgan fingerprint density at radius 2 is 2.56 bits per heavy atom. The van der Waals surface area contributed by atoms with Crippen molar-refractivity contribution in [2.24, 2.45) is 0 Å². The van der Waals surface area contributed by atoms with E-state index in [1.807, 2.05) is 24.2 Å². The molecule has 0 aliphatic carbocycles. The average molecular weight is 241 g/mol. The van der Waals surface area contributed by atoms with Gasteiger partial charge in [0.1, 0.15) is 0 Å². The number of hydrogen-bond acceptors (Lipinski definition) is 4. The molecule has 0 spiro atoms. The van der Waals surface area contributed by atoms with Crippen molar-refractivity contribution in [2.75, 3.05) is 18.1 Å². The smallest absolute Gasteiger partial charge is 0.0640 e. The van der Waals surface area contributed by atoms with Gasteiger partial charge in [-0.15, -0.1) is 0 Å². The van der Waals surface area contributed by atoms with E-state index in [4.69, 9.17) is 5.11 Å². The molecule has 5 heteroatoms. The van der Waals surface area contributed by atoms with E-state index in [0.29, 0.717) is 12.6 Å². The molecule has 1 aromatic heterocycles. The Morgan fingerprint density at radius 3 is 3.31 bits per heavy atom. The Labute approximate surface area is 100 Å². The van der Waals surface area contributed by atoms with Crippen LogP contribution in [-0.4, -0.2) is 39.0 Å². The Bertz CT molecular complexity index is 310. The fourth-order valence-electron chi connectivity index (χ4n) is 1.89. The molecular formula is C11H19N3OS. The molecule has 0 bridgehead atoms. The molecule has 2 N–H and O–H groups in total. The second-order valence-corrected chi connectivity index (χ2v) is 5.28. The van der Waals surface area contributed by atoms with Gasteiger partial charge in [-0.1, -0.05) is 0 Å². The van der Waals surface area contributed by atoms with Crippen molar-refractivity contribution in [1.82, 2.24) is 15.1 Å². The van der Waals surface area contributed by atoms with Crippen LogP contribution in [0.15, 0.2) is 12.4 Å². The molecule has 0 radical (unpaired) electrons. The first-order chi connectivity index (χ1) is 7.88. The zero-order valence-corrected chi connectivity index (χ0v) is 10.2. The lowest BCUT2D eigenvalue weighted by Crippen LogP contribution is -2.33. The van der Waals surface area contributed by atoms with Gasteiger partial charge in [0.05, 0.1) is 19.3 Å². The molecule has 2 rings (SSSR count). The third-order valence-corrected chi connectivity index (χ3v) is 3.99. The Balaban J connectivity index is 1.75. The summed E-state index contributed by atoms with van der Waals surface area (Å²) in [7, 11) is 0. The van der Waals surface area contributed by atoms with E-state index in [2.05, 4.69) is 10.4 Å². The van der Waals surface area contributed by atoms with E-state index in [9.17, 15) is 0 Å². The summed E-state index contributed by atoms with van der Waals surface area (Å²) in [6, 6.07) is 0.653. The van der Waals surface area contributed by atoms with Crippen molar-refractivity contribution in [2.45, 2.75) is 32.0 Å². The molecule has 1 aromatic rings. The zero-order valence-electron chi connectivity index (χ0n) is 9.43. The molecular weight excluding hydrogens is 222 g/mol. The molecule has 1 saturated heterocycles. The number of aliphatic hydroxyl groups excluding tert-OH is 1. The third-order valence-electron chi connectivity index (χ3n) is 2.77. The number of thioether (sulfide) groups is 1. The number of hydrogen-bond donors (Lipinski definition) is 2. The van der Waals surface area contributed by atoms with Crippen molar-refractivity contribution in [3.8, 4) is 0 Å². The fourth-order valence-corrected chi connectivity index (χ4v) is 2.99. The normalized spacial score (nSPS) is 21.2. The molecule has 1 fully saturated rings. The molecule has 0 aromatic carbocycles. The molecule has 0 saturated carbocycles. The number of aliphatic hydroxyl groups is 1. The van der Waals surface area contributed by atoms with E-state index in [0.717, 1.165) is 6.54 Å². The summed E-state index contributed by atoms with van der Waals surface area (Å²) in [6.07, 6.45) is 6.49. The minimum Gasteiger partial charge on any atom is -0.394 e. The minimum absolute atomic E-state index is 0.147. The molecule has 2 heterocycles. The van der Waals surface area contributed by atoms with Gasteiger partial charge in [-0.2, -0.15) is 16.9 Å². The summed E-state index contributed by atoms with van der Waals surface area (Å²) in [5.74, 6) is 2.54. The minimum atomic E-state index is 0.147. The number of nitrogens with one attached hydrogen (secondary N) is 1. The third kappa shape index (κ3) is 3.50. The van der Waals surface area contributed by atoms with Crippen LogP contribution < -0.4 is 5.32 Å². The van der Waals surface area contributed by atoms with Crippen LogP contribution in [0.5, 0.6) is 0 Å². The summed E-state index contributed by atoms with van der Waals surface area (Å²) < 4.78 is 1.78. The number of rotatable bonds is 5. The van der Waals surface area contributed by atoms with Gasteiger partial charge in [-0.25, -0.2) is 0 Å². The van der Waals surface area contributed by atoms with E-state index >= 15 is 0 Å². The summed E-state index contributed by atoms with van der Waals surface area (Å²) in [5.41, 5.74) is 1.20. The maximum Gasteiger partial charge on any atom is 0.0640 e. The van der Waals surface area contributed by atoms with Crippen LogP contribution in [0.25, 0.3) is 0 Å². The molecule has 4 nitrogen and oxygen atoms in total. The van der Waals surface area contributed by atoms with Gasteiger partial charge >= 0.3 is 0 Å². The Kier molecular flexibility index (Phi) is 4.69. The van der Waals surface area contributed by atoms with E-state index < -0.39 is 0 Å². The molecule has 90 valence electrons. The molecule has 1 aliphatic rings. The highest BCUT2D eigenvalue weighted by Crippen LogP contribution is 2.17. The number of aromatic nitrogens is 2. The first-order valence-corrected chi connectivity index (χ1v) is 6.97. The van der Waals surface area contributed by atoms with Crippen LogP contribution in [0.1, 0.15) is 18.4 Å². The van der Waals surface area contributed by atoms with Crippen LogP contribution in [-0.2, 0) is 13.1 Å². The van der Waals surface area contributed by atoms with Gasteiger partial charge in [0.2, 0.25) is 0 Å². The van der Waals surface area contributed by atoms with Crippen LogP contribution in [0, 0.1) is 0 Å². The van der Waals surface area contributed by atoms with Crippen molar-refractivity contribution in [3.05, 3.63) is 18.0 Å².